The van der Waals surface area contributed by atoms with Crippen LogP contribution in [0.25, 0.3) is 5.69 Å². The van der Waals surface area contributed by atoms with E-state index in [4.69, 9.17) is 0 Å². The van der Waals surface area contributed by atoms with E-state index in [2.05, 4.69) is 10.00 Å². The van der Waals surface area contributed by atoms with Gasteiger partial charge in [0.15, 0.2) is 0 Å². The molecule has 0 atom stereocenters. The quantitative estimate of drug-likeness (QED) is 0.764. The van der Waals surface area contributed by atoms with Gasteiger partial charge in [0.2, 0.25) is 5.91 Å². The first-order chi connectivity index (χ1) is 15.0. The highest BCUT2D eigenvalue weighted by molar-refractivity contribution is 5.83. The van der Waals surface area contributed by atoms with Gasteiger partial charge in [-0.2, -0.15) is 5.10 Å². The van der Waals surface area contributed by atoms with Gasteiger partial charge in [-0.15, -0.1) is 0 Å². The molecule has 1 aromatic carbocycles. The average Bonchev–Trinajstić information content (AvgIpc) is 3.07. The molecule has 5 fully saturated rings. The molecule has 5 aliphatic rings. The second kappa shape index (κ2) is 7.07. The van der Waals surface area contributed by atoms with E-state index in [0.717, 1.165) is 74.5 Å². The van der Waals surface area contributed by atoms with Crippen molar-refractivity contribution >= 4 is 5.91 Å². The van der Waals surface area contributed by atoms with Crippen LogP contribution in [0, 0.1) is 23.2 Å². The van der Waals surface area contributed by atoms with E-state index >= 15 is 0 Å². The minimum atomic E-state index is -0.103. The molecule has 4 bridgehead atoms. The minimum Gasteiger partial charge on any atom is -0.342 e. The average molecular weight is 421 g/mol. The van der Waals surface area contributed by atoms with Crippen molar-refractivity contribution in [1.29, 1.82) is 0 Å². The van der Waals surface area contributed by atoms with Crippen LogP contribution in [-0.4, -0.2) is 38.2 Å². The fourth-order valence-corrected chi connectivity index (χ4v) is 7.62. The van der Waals surface area contributed by atoms with Crippen molar-refractivity contribution in [2.75, 3.05) is 13.1 Å². The molecule has 164 valence electrons. The van der Waals surface area contributed by atoms with Gasteiger partial charge in [-0.1, -0.05) is 18.2 Å². The highest BCUT2D eigenvalue weighted by Crippen LogP contribution is 2.60. The summed E-state index contributed by atoms with van der Waals surface area (Å²) in [6.45, 7) is 1.57. The number of carbonyl (C=O) groups is 1. The first-order valence-electron chi connectivity index (χ1n) is 12.0. The van der Waals surface area contributed by atoms with Crippen LogP contribution in [0.15, 0.2) is 35.1 Å². The number of carbonyl (C=O) groups excluding carboxylic acids is 1. The largest absolute Gasteiger partial charge is 0.350 e. The number of hydrogen-bond acceptors (Lipinski definition) is 3. The summed E-state index contributed by atoms with van der Waals surface area (Å²) in [6.07, 6.45) is 9.24. The van der Waals surface area contributed by atoms with Gasteiger partial charge in [0.1, 0.15) is 5.82 Å². The van der Waals surface area contributed by atoms with E-state index in [0.29, 0.717) is 5.91 Å². The number of aromatic nitrogens is 3. The zero-order valence-corrected chi connectivity index (χ0v) is 18.4. The van der Waals surface area contributed by atoms with Crippen LogP contribution in [0.4, 0.5) is 0 Å². The first-order valence-corrected chi connectivity index (χ1v) is 12.0. The lowest BCUT2D eigenvalue weighted by molar-refractivity contribution is -0.158. The Morgan fingerprint density at radius 3 is 2.13 bits per heavy atom. The Hall–Kier alpha value is -2.37. The normalized spacial score (nSPS) is 32.5. The van der Waals surface area contributed by atoms with Crippen molar-refractivity contribution in [3.8, 4) is 5.69 Å². The van der Waals surface area contributed by atoms with Crippen molar-refractivity contribution in [3.63, 3.8) is 0 Å². The van der Waals surface area contributed by atoms with Crippen molar-refractivity contribution < 1.29 is 4.79 Å². The van der Waals surface area contributed by atoms with Gasteiger partial charge >= 0.3 is 5.69 Å². The first kappa shape index (κ1) is 19.3. The molecule has 4 saturated carbocycles. The van der Waals surface area contributed by atoms with E-state index in [-0.39, 0.29) is 17.0 Å². The number of benzene rings is 1. The summed E-state index contributed by atoms with van der Waals surface area (Å²) in [7, 11) is 1.72. The summed E-state index contributed by atoms with van der Waals surface area (Å²) in [5.74, 6) is 3.85. The van der Waals surface area contributed by atoms with Gasteiger partial charge in [-0.3, -0.25) is 4.79 Å². The number of para-hydroxylation sites is 1. The van der Waals surface area contributed by atoms with Gasteiger partial charge in [0.05, 0.1) is 11.1 Å². The third kappa shape index (κ3) is 3.09. The standard InChI is InChI=1S/C25H32N4O2/c1-27-24(31)29(21-5-3-2-4-6-21)22(26-27)20-7-9-28(10-8-20)23(30)25-14-17-11-18(15-25)13-19(12-17)16-25/h2-6,17-20H,7-16H2,1H3. The van der Waals surface area contributed by atoms with Crippen LogP contribution in [0.1, 0.15) is 63.1 Å². The number of aryl methyl sites for hydroxylation is 1. The molecule has 0 unspecified atom stereocenters. The summed E-state index contributed by atoms with van der Waals surface area (Å²) >= 11 is 0. The van der Waals surface area contributed by atoms with Gasteiger partial charge < -0.3 is 4.90 Å². The fraction of sp³-hybridized carbons (Fsp3) is 0.640. The smallest absolute Gasteiger partial charge is 0.342 e. The second-order valence-electron chi connectivity index (χ2n) is 10.7. The lowest BCUT2D eigenvalue weighted by atomic mass is 9.49. The van der Waals surface area contributed by atoms with Crippen molar-refractivity contribution in [2.45, 2.75) is 57.3 Å². The molecule has 0 radical (unpaired) electrons. The molecule has 2 aromatic rings. The van der Waals surface area contributed by atoms with Crippen LogP contribution in [0.3, 0.4) is 0 Å². The summed E-state index contributed by atoms with van der Waals surface area (Å²) in [5, 5.41) is 4.60. The third-order valence-electron chi connectivity index (χ3n) is 8.60. The summed E-state index contributed by atoms with van der Waals surface area (Å²) < 4.78 is 3.19. The summed E-state index contributed by atoms with van der Waals surface area (Å²) in [5.41, 5.74) is 0.703. The molecule has 6 nitrogen and oxygen atoms in total. The number of amides is 1. The van der Waals surface area contributed by atoms with Crippen LogP contribution in [0.2, 0.25) is 0 Å². The molecule has 7 rings (SSSR count). The molecule has 1 aliphatic heterocycles. The Morgan fingerprint density at radius 2 is 1.55 bits per heavy atom. The molecule has 1 amide bonds. The van der Waals surface area contributed by atoms with Crippen molar-refractivity contribution in [1.82, 2.24) is 19.2 Å². The zero-order chi connectivity index (χ0) is 21.2. The van der Waals surface area contributed by atoms with Crippen molar-refractivity contribution in [3.05, 3.63) is 46.6 Å². The molecule has 0 spiro atoms. The lowest BCUT2D eigenvalue weighted by Gasteiger charge is -2.57. The van der Waals surface area contributed by atoms with Crippen LogP contribution in [0.5, 0.6) is 0 Å². The Bertz CT molecular complexity index is 1010. The van der Waals surface area contributed by atoms with Gasteiger partial charge in [-0.25, -0.2) is 14.0 Å². The number of hydrogen-bond donors (Lipinski definition) is 0. The Kier molecular flexibility index (Phi) is 4.41. The van der Waals surface area contributed by atoms with Gasteiger partial charge in [-0.05, 0) is 81.3 Å². The van der Waals surface area contributed by atoms with Crippen LogP contribution in [-0.2, 0) is 11.8 Å². The molecule has 31 heavy (non-hydrogen) atoms. The Balaban J connectivity index is 1.20. The molecule has 1 saturated heterocycles. The molecule has 2 heterocycles. The highest BCUT2D eigenvalue weighted by atomic mass is 16.2. The number of likely N-dealkylation sites (tertiary alicyclic amines) is 1. The van der Waals surface area contributed by atoms with Gasteiger partial charge in [0.25, 0.3) is 0 Å². The maximum absolute atomic E-state index is 13.7. The number of rotatable bonds is 3. The van der Waals surface area contributed by atoms with E-state index in [1.165, 1.54) is 23.9 Å². The SMILES string of the molecule is Cn1nc(C2CCN(C(=O)C34CC5CC(CC(C5)C3)C4)CC2)n(-c2ccccc2)c1=O. The Morgan fingerprint density at radius 1 is 0.968 bits per heavy atom. The van der Waals surface area contributed by atoms with E-state index < -0.39 is 0 Å². The van der Waals surface area contributed by atoms with E-state index in [1.807, 2.05) is 30.3 Å². The van der Waals surface area contributed by atoms with E-state index in [9.17, 15) is 9.59 Å². The summed E-state index contributed by atoms with van der Waals surface area (Å²) in [4.78, 5) is 28.6. The Labute approximate surface area is 183 Å². The highest BCUT2D eigenvalue weighted by Gasteiger charge is 2.55. The third-order valence-corrected chi connectivity index (χ3v) is 8.60. The monoisotopic (exact) mass is 420 g/mol. The molecule has 6 heteroatoms. The zero-order valence-electron chi connectivity index (χ0n) is 18.4. The predicted octanol–water partition coefficient (Wildman–Crippen LogP) is 3.49. The fourth-order valence-electron chi connectivity index (χ4n) is 7.62. The molecule has 1 aromatic heterocycles. The maximum Gasteiger partial charge on any atom is 0.350 e. The molecular formula is C25H32N4O2. The number of piperidine rings is 1. The second-order valence-corrected chi connectivity index (χ2v) is 10.7. The lowest BCUT2D eigenvalue weighted by Crippen LogP contribution is -2.55. The van der Waals surface area contributed by atoms with Crippen LogP contribution < -0.4 is 5.69 Å². The maximum atomic E-state index is 13.7. The topological polar surface area (TPSA) is 60.1 Å². The molecular weight excluding hydrogens is 388 g/mol. The molecule has 0 N–H and O–H groups in total. The minimum absolute atomic E-state index is 0.0568. The predicted molar refractivity (Wildman–Crippen MR) is 118 cm³/mol. The van der Waals surface area contributed by atoms with E-state index in [1.54, 1.807) is 11.6 Å². The van der Waals surface area contributed by atoms with Gasteiger partial charge in [0, 0.05) is 26.1 Å². The number of nitrogens with zero attached hydrogens (tertiary/aromatic N) is 4. The van der Waals surface area contributed by atoms with Crippen molar-refractivity contribution in [2.24, 2.45) is 30.2 Å². The van der Waals surface area contributed by atoms with Crippen LogP contribution >= 0.6 is 0 Å². The summed E-state index contributed by atoms with van der Waals surface area (Å²) in [6, 6.07) is 9.77. The molecule has 4 aliphatic carbocycles.